The quantitative estimate of drug-likeness (QED) is 0.511. The summed E-state index contributed by atoms with van der Waals surface area (Å²) in [5.41, 5.74) is 4.32. The summed E-state index contributed by atoms with van der Waals surface area (Å²) in [5, 5.41) is 7.55. The van der Waals surface area contributed by atoms with E-state index in [4.69, 9.17) is 5.41 Å². The summed E-state index contributed by atoms with van der Waals surface area (Å²) in [4.78, 5) is 0. The van der Waals surface area contributed by atoms with Crippen molar-refractivity contribution in [1.29, 1.82) is 5.41 Å². The maximum atomic E-state index is 7.55. The molecule has 0 spiro atoms. The van der Waals surface area contributed by atoms with Gasteiger partial charge in [-0.05, 0) is 31.4 Å². The minimum atomic E-state index is 0.504. The van der Waals surface area contributed by atoms with E-state index in [2.05, 4.69) is 50.4 Å². The van der Waals surface area contributed by atoms with E-state index in [1.165, 1.54) is 11.1 Å². The van der Waals surface area contributed by atoms with Crippen molar-refractivity contribution >= 4 is 5.71 Å². The SMILES string of the molecule is C=C.CC.CC(=N)c1ccc(C2C=CC(C)=CC2)cc1. The molecule has 1 N–H and O–H groups in total. The van der Waals surface area contributed by atoms with Crippen molar-refractivity contribution in [1.82, 2.24) is 0 Å². The van der Waals surface area contributed by atoms with Crippen molar-refractivity contribution < 1.29 is 0 Å². The van der Waals surface area contributed by atoms with Crippen molar-refractivity contribution in [3.05, 3.63) is 72.4 Å². The minimum absolute atomic E-state index is 0.504. The molecule has 108 valence electrons. The molecule has 1 aromatic rings. The number of rotatable bonds is 2. The third-order valence-electron chi connectivity index (χ3n) is 3.06. The summed E-state index contributed by atoms with van der Waals surface area (Å²) in [5.74, 6) is 0.504. The maximum absolute atomic E-state index is 7.55. The first kappa shape index (κ1) is 18.1. The highest BCUT2D eigenvalue weighted by Gasteiger charge is 2.09. The van der Waals surface area contributed by atoms with E-state index >= 15 is 0 Å². The number of hydrogen-bond acceptors (Lipinski definition) is 1. The van der Waals surface area contributed by atoms with Gasteiger partial charge in [0.2, 0.25) is 0 Å². The Balaban J connectivity index is 0.000000829. The normalized spacial score (nSPS) is 16.0. The highest BCUT2D eigenvalue weighted by molar-refractivity contribution is 5.96. The van der Waals surface area contributed by atoms with Gasteiger partial charge in [0.1, 0.15) is 0 Å². The predicted molar refractivity (Wildman–Crippen MR) is 91.8 cm³/mol. The Morgan fingerprint density at radius 2 is 1.70 bits per heavy atom. The average Bonchev–Trinajstić information content (AvgIpc) is 2.52. The second kappa shape index (κ2) is 9.96. The van der Waals surface area contributed by atoms with Crippen LogP contribution in [0.15, 0.2) is 61.2 Å². The van der Waals surface area contributed by atoms with Crippen molar-refractivity contribution in [2.75, 3.05) is 0 Å². The van der Waals surface area contributed by atoms with Crippen LogP contribution in [-0.4, -0.2) is 5.71 Å². The van der Waals surface area contributed by atoms with Crippen LogP contribution in [0.3, 0.4) is 0 Å². The topological polar surface area (TPSA) is 23.9 Å². The van der Waals surface area contributed by atoms with Crippen LogP contribution in [0.5, 0.6) is 0 Å². The Kier molecular flexibility index (Phi) is 9.02. The van der Waals surface area contributed by atoms with Crippen LogP contribution in [0.25, 0.3) is 0 Å². The van der Waals surface area contributed by atoms with Crippen molar-refractivity contribution in [2.45, 2.75) is 40.0 Å². The molecule has 0 amide bonds. The first-order chi connectivity index (χ1) is 9.66. The molecule has 1 aliphatic rings. The van der Waals surface area contributed by atoms with Crippen molar-refractivity contribution in [3.8, 4) is 0 Å². The number of benzene rings is 1. The summed E-state index contributed by atoms with van der Waals surface area (Å²) < 4.78 is 0. The number of hydrogen-bond donors (Lipinski definition) is 1. The molecule has 0 radical (unpaired) electrons. The Labute approximate surface area is 124 Å². The lowest BCUT2D eigenvalue weighted by molar-refractivity contribution is 0.845. The van der Waals surface area contributed by atoms with Gasteiger partial charge in [-0.15, -0.1) is 13.2 Å². The van der Waals surface area contributed by atoms with E-state index in [1.807, 2.05) is 32.9 Å². The van der Waals surface area contributed by atoms with E-state index in [0.717, 1.165) is 12.0 Å². The summed E-state index contributed by atoms with van der Waals surface area (Å²) in [6.45, 7) is 14.0. The molecule has 0 fully saturated rings. The monoisotopic (exact) mass is 269 g/mol. The molecule has 1 aliphatic carbocycles. The van der Waals surface area contributed by atoms with Gasteiger partial charge in [-0.3, -0.25) is 0 Å². The Morgan fingerprint density at radius 3 is 2.10 bits per heavy atom. The molecule has 0 aromatic heterocycles. The Morgan fingerprint density at radius 1 is 1.15 bits per heavy atom. The maximum Gasteiger partial charge on any atom is 0.0355 e. The van der Waals surface area contributed by atoms with Crippen LogP contribution in [0.4, 0.5) is 0 Å². The standard InChI is InChI=1S/C15H17N.C2H6.C2H4/c1-11-3-5-14(6-4-11)15-9-7-13(8-10-15)12(2)16;2*1-2/h3-5,7-10,14,16H,6H2,1-2H3;1-2H3;1-2H2. The first-order valence-corrected chi connectivity index (χ1v) is 7.17. The van der Waals surface area contributed by atoms with Gasteiger partial charge in [0, 0.05) is 11.6 Å². The molecule has 1 aromatic carbocycles. The molecule has 0 aliphatic heterocycles. The smallest absolute Gasteiger partial charge is 0.0355 e. The van der Waals surface area contributed by atoms with Gasteiger partial charge in [-0.25, -0.2) is 0 Å². The second-order valence-electron chi connectivity index (χ2n) is 4.40. The van der Waals surface area contributed by atoms with Gasteiger partial charge in [0.05, 0.1) is 0 Å². The summed E-state index contributed by atoms with van der Waals surface area (Å²) in [7, 11) is 0. The fourth-order valence-corrected chi connectivity index (χ4v) is 1.95. The molecule has 20 heavy (non-hydrogen) atoms. The lowest BCUT2D eigenvalue weighted by atomic mass is 9.90. The predicted octanol–water partition coefficient (Wildman–Crippen LogP) is 5.89. The molecule has 2 rings (SSSR count). The molecule has 1 atom stereocenters. The summed E-state index contributed by atoms with van der Waals surface area (Å²) >= 11 is 0. The average molecular weight is 269 g/mol. The highest BCUT2D eigenvalue weighted by Crippen LogP contribution is 2.26. The van der Waals surface area contributed by atoms with E-state index in [9.17, 15) is 0 Å². The van der Waals surface area contributed by atoms with E-state index in [0.29, 0.717) is 11.6 Å². The highest BCUT2D eigenvalue weighted by atomic mass is 14.4. The first-order valence-electron chi connectivity index (χ1n) is 7.17. The van der Waals surface area contributed by atoms with Crippen LogP contribution >= 0.6 is 0 Å². The van der Waals surface area contributed by atoms with Gasteiger partial charge in [0.25, 0.3) is 0 Å². The molecule has 1 nitrogen and oxygen atoms in total. The van der Waals surface area contributed by atoms with E-state index in [1.54, 1.807) is 0 Å². The third kappa shape index (κ3) is 5.40. The van der Waals surface area contributed by atoms with Gasteiger partial charge in [-0.2, -0.15) is 0 Å². The van der Waals surface area contributed by atoms with Crippen LogP contribution in [0.1, 0.15) is 51.2 Å². The largest absolute Gasteiger partial charge is 0.305 e. The second-order valence-corrected chi connectivity index (χ2v) is 4.40. The zero-order valence-corrected chi connectivity index (χ0v) is 13.2. The molecular formula is C19H27N. The number of allylic oxidation sites excluding steroid dienone is 4. The molecular weight excluding hydrogens is 242 g/mol. The van der Waals surface area contributed by atoms with Gasteiger partial charge < -0.3 is 5.41 Å². The Bertz CT molecular complexity index is 463. The Hall–Kier alpha value is -1.89. The fraction of sp³-hybridized carbons (Fsp3) is 0.316. The third-order valence-corrected chi connectivity index (χ3v) is 3.06. The van der Waals surface area contributed by atoms with Gasteiger partial charge in [-0.1, -0.05) is 61.9 Å². The van der Waals surface area contributed by atoms with Gasteiger partial charge >= 0.3 is 0 Å². The summed E-state index contributed by atoms with van der Waals surface area (Å²) in [6, 6.07) is 8.35. The molecule has 0 saturated carbocycles. The van der Waals surface area contributed by atoms with Crippen LogP contribution in [0, 0.1) is 5.41 Å². The zero-order chi connectivity index (χ0) is 15.5. The molecule has 1 unspecified atom stereocenters. The molecule has 0 bridgehead atoms. The van der Waals surface area contributed by atoms with E-state index < -0.39 is 0 Å². The lowest BCUT2D eigenvalue weighted by Gasteiger charge is -2.15. The lowest BCUT2D eigenvalue weighted by Crippen LogP contribution is -1.99. The van der Waals surface area contributed by atoms with Crippen LogP contribution in [-0.2, 0) is 0 Å². The number of nitrogens with one attached hydrogen (secondary N) is 1. The van der Waals surface area contributed by atoms with Crippen molar-refractivity contribution in [3.63, 3.8) is 0 Å². The van der Waals surface area contributed by atoms with Crippen LogP contribution < -0.4 is 0 Å². The van der Waals surface area contributed by atoms with Crippen molar-refractivity contribution in [2.24, 2.45) is 0 Å². The minimum Gasteiger partial charge on any atom is -0.305 e. The van der Waals surface area contributed by atoms with E-state index in [-0.39, 0.29) is 0 Å². The van der Waals surface area contributed by atoms with Crippen LogP contribution in [0.2, 0.25) is 0 Å². The molecule has 0 saturated heterocycles. The molecule has 1 heteroatoms. The molecule has 0 heterocycles. The van der Waals surface area contributed by atoms with Gasteiger partial charge in [0.15, 0.2) is 0 Å². The summed E-state index contributed by atoms with van der Waals surface area (Å²) in [6.07, 6.45) is 7.82. The fourth-order valence-electron chi connectivity index (χ4n) is 1.95. The zero-order valence-electron chi connectivity index (χ0n) is 13.2.